The number of aromatic nitrogens is 3. The van der Waals surface area contributed by atoms with Crippen LogP contribution in [0.3, 0.4) is 0 Å². The van der Waals surface area contributed by atoms with Crippen LogP contribution in [-0.4, -0.2) is 14.8 Å². The lowest BCUT2D eigenvalue weighted by Gasteiger charge is -2.12. The summed E-state index contributed by atoms with van der Waals surface area (Å²) >= 11 is 4.99. The third-order valence-corrected chi connectivity index (χ3v) is 2.90. The van der Waals surface area contributed by atoms with E-state index in [4.69, 9.17) is 12.2 Å². The smallest absolute Gasteiger partial charge is 0.272 e. The maximum atomic E-state index is 12.8. The molecule has 0 unspecified atom stereocenters. The fraction of sp³-hybridized carbons (Fsp3) is 0.273. The first-order valence-corrected chi connectivity index (χ1v) is 5.54. The van der Waals surface area contributed by atoms with Gasteiger partial charge in [0.25, 0.3) is 0 Å². The predicted molar refractivity (Wildman–Crippen MR) is 63.2 cm³/mol. The Morgan fingerprint density at radius 2 is 1.94 bits per heavy atom. The molecule has 96 valence electrons. The van der Waals surface area contributed by atoms with Gasteiger partial charge in [-0.25, -0.2) is 0 Å². The Kier molecular flexibility index (Phi) is 3.02. The van der Waals surface area contributed by atoms with Crippen molar-refractivity contribution in [3.63, 3.8) is 0 Å². The van der Waals surface area contributed by atoms with Crippen LogP contribution in [0.25, 0.3) is 5.69 Å². The maximum Gasteiger partial charge on any atom is 0.416 e. The molecular formula is C11H10F3N3S. The fourth-order valence-corrected chi connectivity index (χ4v) is 2.02. The normalized spacial score (nSPS) is 11.8. The van der Waals surface area contributed by atoms with Gasteiger partial charge in [-0.3, -0.25) is 9.67 Å². The zero-order valence-corrected chi connectivity index (χ0v) is 10.5. The minimum Gasteiger partial charge on any atom is -0.272 e. The summed E-state index contributed by atoms with van der Waals surface area (Å²) in [6.45, 7) is 3.09. The Morgan fingerprint density at radius 1 is 1.28 bits per heavy atom. The first-order valence-electron chi connectivity index (χ1n) is 5.13. The van der Waals surface area contributed by atoms with Crippen LogP contribution in [0.4, 0.5) is 13.2 Å². The van der Waals surface area contributed by atoms with E-state index < -0.39 is 11.7 Å². The number of nitrogens with zero attached hydrogens (tertiary/aromatic N) is 2. The van der Waals surface area contributed by atoms with Crippen LogP contribution >= 0.6 is 12.2 Å². The van der Waals surface area contributed by atoms with E-state index in [0.717, 1.165) is 6.07 Å². The molecular weight excluding hydrogens is 263 g/mol. The molecule has 1 N–H and O–H groups in total. The SMILES string of the molecule is Cc1ccc(-n2c(C)n[nH]c2=S)cc1C(F)(F)F. The fourth-order valence-electron chi connectivity index (χ4n) is 1.73. The average molecular weight is 273 g/mol. The monoisotopic (exact) mass is 273 g/mol. The highest BCUT2D eigenvalue weighted by Gasteiger charge is 2.32. The summed E-state index contributed by atoms with van der Waals surface area (Å²) in [6.07, 6.45) is -4.38. The largest absolute Gasteiger partial charge is 0.416 e. The molecule has 0 saturated heterocycles. The second-order valence-electron chi connectivity index (χ2n) is 3.91. The van der Waals surface area contributed by atoms with E-state index in [-0.39, 0.29) is 10.3 Å². The van der Waals surface area contributed by atoms with Crippen LogP contribution in [0.1, 0.15) is 17.0 Å². The second kappa shape index (κ2) is 4.24. The average Bonchev–Trinajstić information content (AvgIpc) is 2.58. The molecule has 1 aromatic carbocycles. The molecule has 0 saturated carbocycles. The molecule has 3 nitrogen and oxygen atoms in total. The van der Waals surface area contributed by atoms with Gasteiger partial charge in [-0.2, -0.15) is 18.3 Å². The molecule has 7 heteroatoms. The van der Waals surface area contributed by atoms with Crippen LogP contribution in [0.15, 0.2) is 18.2 Å². The van der Waals surface area contributed by atoms with Gasteiger partial charge in [-0.1, -0.05) is 6.07 Å². The summed E-state index contributed by atoms with van der Waals surface area (Å²) in [5.41, 5.74) is -0.134. The molecule has 18 heavy (non-hydrogen) atoms. The third-order valence-electron chi connectivity index (χ3n) is 2.62. The number of aryl methyl sites for hydroxylation is 2. The number of alkyl halides is 3. The van der Waals surface area contributed by atoms with Crippen molar-refractivity contribution in [1.29, 1.82) is 0 Å². The molecule has 1 heterocycles. The van der Waals surface area contributed by atoms with Crippen molar-refractivity contribution in [2.45, 2.75) is 20.0 Å². The van der Waals surface area contributed by atoms with Crippen LogP contribution in [0, 0.1) is 18.6 Å². The lowest BCUT2D eigenvalue weighted by Crippen LogP contribution is -2.09. The molecule has 0 spiro atoms. The van der Waals surface area contributed by atoms with Gasteiger partial charge in [-0.05, 0) is 43.8 Å². The third kappa shape index (κ3) is 2.17. The first-order chi connectivity index (χ1) is 8.30. The summed E-state index contributed by atoms with van der Waals surface area (Å²) in [5, 5.41) is 6.41. The van der Waals surface area contributed by atoms with Crippen molar-refractivity contribution >= 4 is 12.2 Å². The van der Waals surface area contributed by atoms with Crippen LogP contribution in [-0.2, 0) is 6.18 Å². The number of hydrogen-bond acceptors (Lipinski definition) is 2. The van der Waals surface area contributed by atoms with Crippen molar-refractivity contribution in [2.24, 2.45) is 0 Å². The van der Waals surface area contributed by atoms with E-state index in [2.05, 4.69) is 10.2 Å². The number of H-pyrrole nitrogens is 1. The molecule has 0 aliphatic carbocycles. The standard InChI is InChI=1S/C11H10F3N3S/c1-6-3-4-8(5-9(6)11(12,13)14)17-7(2)15-16-10(17)18/h3-5H,1-2H3,(H,16,18). The predicted octanol–water partition coefficient (Wildman–Crippen LogP) is 3.57. The second-order valence-corrected chi connectivity index (χ2v) is 4.30. The Labute approximate surface area is 106 Å². The topological polar surface area (TPSA) is 33.6 Å². The highest BCUT2D eigenvalue weighted by molar-refractivity contribution is 7.71. The van der Waals surface area contributed by atoms with E-state index in [1.807, 2.05) is 0 Å². The molecule has 0 atom stereocenters. The highest BCUT2D eigenvalue weighted by atomic mass is 32.1. The summed E-state index contributed by atoms with van der Waals surface area (Å²) in [4.78, 5) is 0. The van der Waals surface area contributed by atoms with Crippen molar-refractivity contribution in [1.82, 2.24) is 14.8 Å². The number of benzene rings is 1. The lowest BCUT2D eigenvalue weighted by atomic mass is 10.1. The van der Waals surface area contributed by atoms with Gasteiger partial charge >= 0.3 is 6.18 Å². The van der Waals surface area contributed by atoms with Gasteiger partial charge < -0.3 is 0 Å². The van der Waals surface area contributed by atoms with E-state index >= 15 is 0 Å². The van der Waals surface area contributed by atoms with E-state index in [0.29, 0.717) is 11.5 Å². The maximum absolute atomic E-state index is 12.8. The number of aromatic amines is 1. The summed E-state index contributed by atoms with van der Waals surface area (Å²) < 4.78 is 40.2. The van der Waals surface area contributed by atoms with E-state index in [9.17, 15) is 13.2 Å². The molecule has 0 radical (unpaired) electrons. The van der Waals surface area contributed by atoms with Crippen molar-refractivity contribution in [2.75, 3.05) is 0 Å². The van der Waals surface area contributed by atoms with E-state index in [1.165, 1.54) is 17.6 Å². The zero-order chi connectivity index (χ0) is 13.5. The quantitative estimate of drug-likeness (QED) is 0.806. The Hall–Kier alpha value is -1.63. The molecule has 0 amide bonds. The Morgan fingerprint density at radius 3 is 2.44 bits per heavy atom. The van der Waals surface area contributed by atoms with Crippen molar-refractivity contribution in [3.05, 3.63) is 39.9 Å². The van der Waals surface area contributed by atoms with Gasteiger partial charge in [0.2, 0.25) is 0 Å². The lowest BCUT2D eigenvalue weighted by molar-refractivity contribution is -0.138. The van der Waals surface area contributed by atoms with Crippen LogP contribution < -0.4 is 0 Å². The van der Waals surface area contributed by atoms with Crippen LogP contribution in [0.5, 0.6) is 0 Å². The minimum absolute atomic E-state index is 0.180. The van der Waals surface area contributed by atoms with Gasteiger partial charge in [-0.15, -0.1) is 0 Å². The minimum atomic E-state index is -4.38. The molecule has 0 bridgehead atoms. The molecule has 2 aromatic rings. The van der Waals surface area contributed by atoms with Gasteiger partial charge in [0, 0.05) is 0 Å². The van der Waals surface area contributed by atoms with Crippen LogP contribution in [0.2, 0.25) is 0 Å². The van der Waals surface area contributed by atoms with E-state index in [1.54, 1.807) is 13.0 Å². The highest BCUT2D eigenvalue weighted by Crippen LogP contribution is 2.33. The number of nitrogens with one attached hydrogen (secondary N) is 1. The summed E-state index contributed by atoms with van der Waals surface area (Å²) in [7, 11) is 0. The number of rotatable bonds is 1. The van der Waals surface area contributed by atoms with Gasteiger partial charge in [0.05, 0.1) is 11.3 Å². The molecule has 2 rings (SSSR count). The van der Waals surface area contributed by atoms with Crippen molar-refractivity contribution in [3.8, 4) is 5.69 Å². The summed E-state index contributed by atoms with van der Waals surface area (Å²) in [6, 6.07) is 4.09. The molecule has 0 aliphatic heterocycles. The van der Waals surface area contributed by atoms with Gasteiger partial charge in [0.15, 0.2) is 4.77 Å². The number of halogens is 3. The van der Waals surface area contributed by atoms with Gasteiger partial charge in [0.1, 0.15) is 5.82 Å². The Bertz CT molecular complexity index is 640. The molecule has 0 fully saturated rings. The molecule has 1 aromatic heterocycles. The zero-order valence-electron chi connectivity index (χ0n) is 9.67. The first kappa shape index (κ1) is 12.8. The number of hydrogen-bond donors (Lipinski definition) is 1. The Balaban J connectivity index is 2.65. The van der Waals surface area contributed by atoms with Crippen molar-refractivity contribution < 1.29 is 13.2 Å². The summed E-state index contributed by atoms with van der Waals surface area (Å²) in [5.74, 6) is 0.511. The molecule has 0 aliphatic rings.